The molecule has 1 saturated heterocycles. The average Bonchev–Trinajstić information content (AvgIpc) is 3.33. The number of hydrogen-bond donors (Lipinski definition) is 2. The van der Waals surface area contributed by atoms with Crippen LogP contribution < -0.4 is 14.8 Å². The number of aliphatic carboxylic acids is 1. The number of pyridine rings is 1. The van der Waals surface area contributed by atoms with Gasteiger partial charge in [-0.1, -0.05) is 38.8 Å². The largest absolute Gasteiger partial charge is 0.497 e. The third-order valence-electron chi connectivity index (χ3n) is 9.11. The number of ether oxygens (including phenoxy) is 2. The van der Waals surface area contributed by atoms with Gasteiger partial charge in [-0.3, -0.25) is 9.59 Å². The van der Waals surface area contributed by atoms with E-state index in [2.05, 4.69) is 19.2 Å². The Balaban J connectivity index is 1.30. The zero-order chi connectivity index (χ0) is 31.7. The molecule has 4 heterocycles. The van der Waals surface area contributed by atoms with Crippen LogP contribution in [-0.4, -0.2) is 69.1 Å². The van der Waals surface area contributed by atoms with Crippen molar-refractivity contribution in [3.05, 3.63) is 47.5 Å². The van der Waals surface area contributed by atoms with Gasteiger partial charge in [-0.25, -0.2) is 14.8 Å². The molecular formula is C34H40N4O6S. The van der Waals surface area contributed by atoms with Crippen molar-refractivity contribution in [3.8, 4) is 22.2 Å². The van der Waals surface area contributed by atoms with E-state index in [9.17, 15) is 19.5 Å². The number of carbonyl (C=O) groups is 3. The Morgan fingerprint density at radius 1 is 1.16 bits per heavy atom. The van der Waals surface area contributed by atoms with Crippen LogP contribution in [0.4, 0.5) is 0 Å². The number of hydrogen-bond acceptors (Lipinski definition) is 8. The molecule has 1 saturated carbocycles. The molecule has 0 spiro atoms. The molecule has 2 fully saturated rings. The molecule has 10 nitrogen and oxygen atoms in total. The summed E-state index contributed by atoms with van der Waals surface area (Å²) in [5.74, 6) is -0.350. The highest BCUT2D eigenvalue weighted by atomic mass is 32.1. The molecule has 1 aromatic carbocycles. The topological polar surface area (TPSA) is 131 Å². The summed E-state index contributed by atoms with van der Waals surface area (Å²) in [6, 6.07) is 6.64. The maximum Gasteiger partial charge on any atom is 0.330 e. The van der Waals surface area contributed by atoms with Crippen LogP contribution in [0.15, 0.2) is 41.8 Å². The molecule has 4 atom stereocenters. The molecule has 1 aliphatic carbocycles. The normalized spacial score (nSPS) is 26.4. The maximum atomic E-state index is 13.7. The fourth-order valence-electron chi connectivity index (χ4n) is 6.33. The minimum atomic E-state index is -1.33. The number of carboxylic acids is 1. The molecule has 2 aliphatic heterocycles. The van der Waals surface area contributed by atoms with Gasteiger partial charge in [-0.2, -0.15) is 0 Å². The fraction of sp³-hybridized carbons (Fsp3) is 0.500. The highest BCUT2D eigenvalue weighted by Gasteiger charge is 2.61. The number of amides is 2. The Bertz CT molecular complexity index is 1640. The molecular weight excluding hydrogens is 592 g/mol. The third-order valence-corrected chi connectivity index (χ3v) is 10.00. The Morgan fingerprint density at radius 3 is 2.73 bits per heavy atom. The Hall–Kier alpha value is -3.99. The van der Waals surface area contributed by atoms with Crippen LogP contribution in [0.3, 0.4) is 0 Å². The first-order valence-electron chi connectivity index (χ1n) is 15.8. The molecule has 0 radical (unpaired) electrons. The second-order valence-electron chi connectivity index (χ2n) is 12.6. The van der Waals surface area contributed by atoms with E-state index in [0.717, 1.165) is 48.2 Å². The highest BCUT2D eigenvalue weighted by Crippen LogP contribution is 2.45. The van der Waals surface area contributed by atoms with Crippen LogP contribution in [0.5, 0.6) is 11.5 Å². The number of aromatic nitrogens is 2. The minimum Gasteiger partial charge on any atom is -0.497 e. The molecule has 6 rings (SSSR count). The SMILES string of the molecule is COc1ccc2c(OC3CC4C(=O)NC5(C(=O)O)CC5/C=C\CCCCCCC(=O)N4C3)cc(-c3nc(C(C)C)cs3)nc2c1. The van der Waals surface area contributed by atoms with Gasteiger partial charge in [0.1, 0.15) is 39.9 Å². The molecule has 2 amide bonds. The smallest absolute Gasteiger partial charge is 0.330 e. The summed E-state index contributed by atoms with van der Waals surface area (Å²) in [5, 5.41) is 16.5. The molecule has 3 aliphatic rings. The third kappa shape index (κ3) is 6.40. The molecule has 3 aromatic rings. The number of thiazole rings is 1. The average molecular weight is 633 g/mol. The number of carbonyl (C=O) groups excluding carboxylic acids is 2. The number of carboxylic acid groups (broad SMARTS) is 1. The summed E-state index contributed by atoms with van der Waals surface area (Å²) in [5.41, 5.74) is 1.00. The van der Waals surface area contributed by atoms with Gasteiger partial charge in [0.2, 0.25) is 11.8 Å². The van der Waals surface area contributed by atoms with Crippen molar-refractivity contribution in [2.24, 2.45) is 5.92 Å². The summed E-state index contributed by atoms with van der Waals surface area (Å²) in [6.07, 6.45) is 8.91. The lowest BCUT2D eigenvalue weighted by atomic mass is 10.1. The zero-order valence-corrected chi connectivity index (χ0v) is 26.8. The van der Waals surface area contributed by atoms with E-state index < -0.39 is 29.6 Å². The first-order valence-corrected chi connectivity index (χ1v) is 16.7. The monoisotopic (exact) mass is 632 g/mol. The molecule has 2 N–H and O–H groups in total. The lowest BCUT2D eigenvalue weighted by Gasteiger charge is -2.25. The molecule has 0 bridgehead atoms. The number of benzene rings is 1. The number of allylic oxidation sites excluding steroid dienone is 1. The van der Waals surface area contributed by atoms with E-state index in [4.69, 9.17) is 19.4 Å². The summed E-state index contributed by atoms with van der Waals surface area (Å²) >= 11 is 1.52. The summed E-state index contributed by atoms with van der Waals surface area (Å²) in [4.78, 5) is 50.8. The molecule has 4 unspecified atom stereocenters. The van der Waals surface area contributed by atoms with Crippen LogP contribution in [0, 0.1) is 5.92 Å². The van der Waals surface area contributed by atoms with Gasteiger partial charge < -0.3 is 24.8 Å². The number of methoxy groups -OCH3 is 1. The lowest BCUT2D eigenvalue weighted by Crippen LogP contribution is -2.53. The van der Waals surface area contributed by atoms with Gasteiger partial charge in [-0.05, 0) is 43.7 Å². The first-order chi connectivity index (χ1) is 21.7. The molecule has 45 heavy (non-hydrogen) atoms. The first kappa shape index (κ1) is 31.0. The van der Waals surface area contributed by atoms with Crippen molar-refractivity contribution in [2.45, 2.75) is 88.8 Å². The van der Waals surface area contributed by atoms with Gasteiger partial charge in [0.25, 0.3) is 0 Å². The lowest BCUT2D eigenvalue weighted by molar-refractivity contribution is -0.145. The molecule has 11 heteroatoms. The van der Waals surface area contributed by atoms with Gasteiger partial charge >= 0.3 is 5.97 Å². The van der Waals surface area contributed by atoms with E-state index in [-0.39, 0.29) is 30.7 Å². The second kappa shape index (κ2) is 12.8. The van der Waals surface area contributed by atoms with Gasteiger partial charge in [0.15, 0.2) is 0 Å². The minimum absolute atomic E-state index is 0.111. The standard InChI is InChI=1S/C34H40N4O6S/c1-20(2)27-19-45-32(36-27)26-16-29(24-13-12-22(43-3)14-25(24)35-26)44-23-15-28-31(40)37-34(33(41)42)17-21(34)10-8-6-4-5-7-9-11-30(39)38(28)18-23/h8,10,12-14,16,19-21,23,28H,4-7,9,11,15,17-18H2,1-3H3,(H,37,40)(H,41,42)/b10-8-. The Morgan fingerprint density at radius 2 is 1.98 bits per heavy atom. The van der Waals surface area contributed by atoms with E-state index in [1.807, 2.05) is 41.8 Å². The van der Waals surface area contributed by atoms with Crippen molar-refractivity contribution in [2.75, 3.05) is 13.7 Å². The van der Waals surface area contributed by atoms with Crippen molar-refractivity contribution in [1.82, 2.24) is 20.2 Å². The van der Waals surface area contributed by atoms with Crippen LogP contribution in [0.25, 0.3) is 21.6 Å². The number of fused-ring (bicyclic) bond motifs is 3. The summed E-state index contributed by atoms with van der Waals surface area (Å²) in [7, 11) is 1.61. The summed E-state index contributed by atoms with van der Waals surface area (Å²) in [6.45, 7) is 4.42. The van der Waals surface area contributed by atoms with Crippen molar-refractivity contribution >= 4 is 40.0 Å². The van der Waals surface area contributed by atoms with Crippen LogP contribution in [0.1, 0.15) is 76.8 Å². The van der Waals surface area contributed by atoms with Gasteiger partial charge in [0, 0.05) is 41.7 Å². The quantitative estimate of drug-likeness (QED) is 0.331. The van der Waals surface area contributed by atoms with E-state index >= 15 is 0 Å². The van der Waals surface area contributed by atoms with Crippen LogP contribution in [0.2, 0.25) is 0 Å². The van der Waals surface area contributed by atoms with Gasteiger partial charge in [0.05, 0.1) is 24.9 Å². The zero-order valence-electron chi connectivity index (χ0n) is 26.0. The van der Waals surface area contributed by atoms with Crippen molar-refractivity contribution in [1.29, 1.82) is 0 Å². The molecule has 238 valence electrons. The molecule has 2 aromatic heterocycles. The van der Waals surface area contributed by atoms with E-state index in [0.29, 0.717) is 35.6 Å². The Labute approximate surface area is 266 Å². The predicted octanol–water partition coefficient (Wildman–Crippen LogP) is 5.71. The maximum absolute atomic E-state index is 13.7. The van der Waals surface area contributed by atoms with Crippen LogP contribution >= 0.6 is 11.3 Å². The van der Waals surface area contributed by atoms with E-state index in [1.165, 1.54) is 11.3 Å². The Kier molecular flexibility index (Phi) is 8.81. The van der Waals surface area contributed by atoms with Gasteiger partial charge in [-0.15, -0.1) is 11.3 Å². The predicted molar refractivity (Wildman–Crippen MR) is 171 cm³/mol. The number of nitrogens with zero attached hydrogens (tertiary/aromatic N) is 3. The number of rotatable bonds is 6. The highest BCUT2D eigenvalue weighted by molar-refractivity contribution is 7.13. The number of nitrogens with one attached hydrogen (secondary N) is 1. The van der Waals surface area contributed by atoms with Crippen molar-refractivity contribution in [3.63, 3.8) is 0 Å². The van der Waals surface area contributed by atoms with Crippen LogP contribution in [-0.2, 0) is 14.4 Å². The van der Waals surface area contributed by atoms with E-state index in [1.54, 1.807) is 12.0 Å². The fourth-order valence-corrected chi connectivity index (χ4v) is 7.27. The van der Waals surface area contributed by atoms with Crippen molar-refractivity contribution < 1.29 is 29.0 Å². The second-order valence-corrected chi connectivity index (χ2v) is 13.5. The summed E-state index contributed by atoms with van der Waals surface area (Å²) < 4.78 is 12.1.